The van der Waals surface area contributed by atoms with Gasteiger partial charge in [0.05, 0.1) is 23.1 Å². The van der Waals surface area contributed by atoms with Crippen LogP contribution in [0.1, 0.15) is 18.4 Å². The van der Waals surface area contributed by atoms with Crippen LogP contribution in [0.5, 0.6) is 0 Å². The minimum Gasteiger partial charge on any atom is -0.350 e. The summed E-state index contributed by atoms with van der Waals surface area (Å²) in [5.41, 5.74) is 8.18. The number of fused-ring (bicyclic) bond motifs is 1. The molecule has 0 aliphatic heterocycles. The Kier molecular flexibility index (Phi) is 4.53. The van der Waals surface area contributed by atoms with Crippen LogP contribution in [0.25, 0.3) is 28.1 Å². The van der Waals surface area contributed by atoms with Crippen LogP contribution < -0.4 is 11.1 Å². The van der Waals surface area contributed by atoms with Crippen molar-refractivity contribution in [3.05, 3.63) is 58.9 Å². The van der Waals surface area contributed by atoms with E-state index in [9.17, 15) is 9.18 Å². The number of nitrogens with two attached hydrogens (primary N) is 1. The van der Waals surface area contributed by atoms with Crippen molar-refractivity contribution in [3.8, 4) is 17.2 Å². The van der Waals surface area contributed by atoms with E-state index in [0.29, 0.717) is 34.0 Å². The second-order valence-electron chi connectivity index (χ2n) is 7.77. The molecule has 0 atom stereocenters. The Morgan fingerprint density at radius 1 is 1.26 bits per heavy atom. The minimum absolute atomic E-state index is 0.127. The van der Waals surface area contributed by atoms with E-state index in [1.54, 1.807) is 13.1 Å². The van der Waals surface area contributed by atoms with E-state index in [4.69, 9.17) is 17.3 Å². The number of benzene rings is 2. The van der Waals surface area contributed by atoms with Gasteiger partial charge in [-0.1, -0.05) is 23.7 Å². The van der Waals surface area contributed by atoms with E-state index in [-0.39, 0.29) is 11.7 Å². The maximum absolute atomic E-state index is 13.9. The fourth-order valence-corrected chi connectivity index (χ4v) is 3.87. The molecule has 10 heteroatoms. The van der Waals surface area contributed by atoms with Gasteiger partial charge in [0.25, 0.3) is 0 Å². The highest BCUT2D eigenvalue weighted by Gasteiger charge is 2.45. The first-order valence-electron chi connectivity index (χ1n) is 9.76. The molecule has 5 rings (SSSR count). The van der Waals surface area contributed by atoms with Crippen molar-refractivity contribution in [2.45, 2.75) is 24.9 Å². The molecule has 0 bridgehead atoms. The molecule has 31 heavy (non-hydrogen) atoms. The van der Waals surface area contributed by atoms with Crippen molar-refractivity contribution in [1.29, 1.82) is 0 Å². The monoisotopic (exact) mass is 439 g/mol. The quantitative estimate of drug-likeness (QED) is 0.497. The molecule has 1 amide bonds. The average Bonchev–Trinajstić information content (AvgIpc) is 3.27. The number of hydrogen-bond donors (Lipinski definition) is 2. The van der Waals surface area contributed by atoms with Gasteiger partial charge in [0, 0.05) is 17.6 Å². The van der Waals surface area contributed by atoms with Gasteiger partial charge in [0.15, 0.2) is 0 Å². The number of aryl methyl sites for hydroxylation is 1. The van der Waals surface area contributed by atoms with E-state index in [0.717, 1.165) is 24.1 Å². The number of halogens is 2. The summed E-state index contributed by atoms with van der Waals surface area (Å²) in [5.74, 6) is -0.180. The van der Waals surface area contributed by atoms with Crippen molar-refractivity contribution in [3.63, 3.8) is 0 Å². The highest BCUT2D eigenvalue weighted by atomic mass is 35.5. The van der Waals surface area contributed by atoms with Gasteiger partial charge in [-0.15, -0.1) is 10.2 Å². The largest absolute Gasteiger partial charge is 0.350 e. The predicted molar refractivity (Wildman–Crippen MR) is 114 cm³/mol. The lowest BCUT2D eigenvalue weighted by Gasteiger charge is -2.12. The van der Waals surface area contributed by atoms with Crippen LogP contribution in [0.15, 0.2) is 42.5 Å². The second kappa shape index (κ2) is 7.14. The van der Waals surface area contributed by atoms with Gasteiger partial charge >= 0.3 is 0 Å². The van der Waals surface area contributed by atoms with E-state index >= 15 is 0 Å². The zero-order valence-electron chi connectivity index (χ0n) is 16.6. The maximum atomic E-state index is 13.9. The Morgan fingerprint density at radius 2 is 2.00 bits per heavy atom. The molecule has 1 saturated carbocycles. The molecule has 0 spiro atoms. The molecule has 4 aromatic rings. The third-order valence-electron chi connectivity index (χ3n) is 5.48. The molecule has 158 valence electrons. The van der Waals surface area contributed by atoms with Gasteiger partial charge < -0.3 is 15.6 Å². The molecule has 0 radical (unpaired) electrons. The van der Waals surface area contributed by atoms with Crippen molar-refractivity contribution in [2.24, 2.45) is 12.8 Å². The fraction of sp³-hybridized carbons (Fsp3) is 0.238. The number of aromatic nitrogens is 5. The normalized spacial score (nSPS) is 14.7. The van der Waals surface area contributed by atoms with Crippen LogP contribution >= 0.6 is 11.6 Å². The summed E-state index contributed by atoms with van der Waals surface area (Å²) in [5, 5.41) is 16.0. The molecule has 2 heterocycles. The van der Waals surface area contributed by atoms with E-state index in [2.05, 4.69) is 20.7 Å². The van der Waals surface area contributed by atoms with Gasteiger partial charge in [-0.3, -0.25) is 4.79 Å². The number of carbonyl (C=O) groups excluding carboxylic acids is 1. The Labute approximate surface area is 181 Å². The molecule has 0 saturated heterocycles. The number of hydrogen-bond acceptors (Lipinski definition) is 5. The Bertz CT molecular complexity index is 1310. The van der Waals surface area contributed by atoms with Gasteiger partial charge in [0.2, 0.25) is 11.7 Å². The smallest absolute Gasteiger partial charge is 0.240 e. The predicted octanol–water partition coefficient (Wildman–Crippen LogP) is 2.72. The molecule has 2 aromatic heterocycles. The summed E-state index contributed by atoms with van der Waals surface area (Å²) in [6, 6.07) is 12.0. The van der Waals surface area contributed by atoms with E-state index < -0.39 is 5.54 Å². The molecule has 1 fully saturated rings. The summed E-state index contributed by atoms with van der Waals surface area (Å²) >= 11 is 6.63. The van der Waals surface area contributed by atoms with Crippen molar-refractivity contribution in [2.75, 3.05) is 0 Å². The molecule has 3 N–H and O–H groups in total. The van der Waals surface area contributed by atoms with Crippen LogP contribution in [-0.2, 0) is 18.4 Å². The number of amides is 1. The van der Waals surface area contributed by atoms with Crippen molar-refractivity contribution >= 4 is 28.4 Å². The standard InChI is InChI=1S/C21H19ClFN7O/c1-29-27-19(26-28-29)18-17(22)15-10-13(23)4-7-16(15)30(18)14-5-2-12(3-6-14)11-25-20(31)21(24)8-9-21/h2-7,10H,8-9,11,24H2,1H3,(H,25,31). The minimum atomic E-state index is -0.700. The lowest BCUT2D eigenvalue weighted by atomic mass is 10.2. The topological polar surface area (TPSA) is 104 Å². The summed E-state index contributed by atoms with van der Waals surface area (Å²) < 4.78 is 15.8. The molecular weight excluding hydrogens is 421 g/mol. The number of nitrogens with one attached hydrogen (secondary N) is 1. The first kappa shape index (κ1) is 19.7. The molecular formula is C21H19ClFN7O. The highest BCUT2D eigenvalue weighted by Crippen LogP contribution is 2.38. The van der Waals surface area contributed by atoms with Gasteiger partial charge in [-0.25, -0.2) is 4.39 Å². The zero-order chi connectivity index (χ0) is 21.8. The molecule has 1 aliphatic carbocycles. The summed E-state index contributed by atoms with van der Waals surface area (Å²) in [7, 11) is 1.66. The lowest BCUT2D eigenvalue weighted by Crippen LogP contribution is -2.42. The molecule has 1 aliphatic rings. The van der Waals surface area contributed by atoms with Crippen molar-refractivity contribution in [1.82, 2.24) is 30.1 Å². The first-order valence-corrected chi connectivity index (χ1v) is 10.1. The molecule has 8 nitrogen and oxygen atoms in total. The van der Waals surface area contributed by atoms with Crippen molar-refractivity contribution < 1.29 is 9.18 Å². The van der Waals surface area contributed by atoms with Gasteiger partial charge in [0.1, 0.15) is 11.5 Å². The third kappa shape index (κ3) is 3.45. The third-order valence-corrected chi connectivity index (χ3v) is 5.86. The average molecular weight is 440 g/mol. The highest BCUT2D eigenvalue weighted by molar-refractivity contribution is 6.38. The summed E-state index contributed by atoms with van der Waals surface area (Å²) in [6.45, 7) is 0.384. The van der Waals surface area contributed by atoms with Crippen LogP contribution in [0.4, 0.5) is 4.39 Å². The van der Waals surface area contributed by atoms with E-state index in [1.807, 2.05) is 28.8 Å². The fourth-order valence-electron chi connectivity index (χ4n) is 3.55. The Morgan fingerprint density at radius 3 is 2.65 bits per heavy atom. The van der Waals surface area contributed by atoms with Crippen LogP contribution in [0.2, 0.25) is 5.02 Å². The summed E-state index contributed by atoms with van der Waals surface area (Å²) in [6.07, 6.45) is 1.44. The Hall–Kier alpha value is -3.30. The zero-order valence-corrected chi connectivity index (χ0v) is 17.4. The lowest BCUT2D eigenvalue weighted by molar-refractivity contribution is -0.123. The van der Waals surface area contributed by atoms with Gasteiger partial charge in [-0.05, 0) is 54.0 Å². The number of rotatable bonds is 5. The summed E-state index contributed by atoms with van der Waals surface area (Å²) in [4.78, 5) is 13.4. The maximum Gasteiger partial charge on any atom is 0.240 e. The first-order chi connectivity index (χ1) is 14.9. The Balaban J connectivity index is 1.54. The number of carbonyl (C=O) groups is 1. The SMILES string of the molecule is Cn1nnc(-c2c(Cl)c3cc(F)ccc3n2-c2ccc(CNC(=O)C3(N)CC3)cc2)n1. The number of tetrazole rings is 1. The number of nitrogens with zero attached hydrogens (tertiary/aromatic N) is 5. The van der Waals surface area contributed by atoms with Crippen LogP contribution in [0, 0.1) is 5.82 Å². The van der Waals surface area contributed by atoms with Crippen LogP contribution in [-0.4, -0.2) is 36.2 Å². The van der Waals surface area contributed by atoms with Crippen LogP contribution in [0.3, 0.4) is 0 Å². The second-order valence-corrected chi connectivity index (χ2v) is 8.15. The molecule has 0 unspecified atom stereocenters. The van der Waals surface area contributed by atoms with E-state index in [1.165, 1.54) is 16.9 Å². The molecule has 2 aromatic carbocycles. The van der Waals surface area contributed by atoms with Gasteiger partial charge in [-0.2, -0.15) is 4.80 Å².